The highest BCUT2D eigenvalue weighted by Gasteiger charge is 2.41. The number of hydrogen-bond donors (Lipinski definition) is 7. The molecule has 2 aliphatic heterocycles. The molecule has 2 heterocycles. The lowest BCUT2D eigenvalue weighted by Gasteiger charge is -2.36. The summed E-state index contributed by atoms with van der Waals surface area (Å²) in [5.74, 6) is -6.46. The first-order chi connectivity index (χ1) is 51.7. The Kier molecular flexibility index (Phi) is 26.2. The Morgan fingerprint density at radius 2 is 0.881 bits per heavy atom. The molecule has 0 radical (unpaired) electrons. The summed E-state index contributed by atoms with van der Waals surface area (Å²) in [7, 11) is 0. The van der Waals surface area contributed by atoms with Gasteiger partial charge in [-0.25, -0.2) is 41.5 Å². The summed E-state index contributed by atoms with van der Waals surface area (Å²) in [6.07, 6.45) is -2.87. The van der Waals surface area contributed by atoms with Crippen molar-refractivity contribution in [1.29, 1.82) is 0 Å². The van der Waals surface area contributed by atoms with Gasteiger partial charge in [0.15, 0.2) is 11.6 Å². The topological polar surface area (TPSA) is 286 Å². The van der Waals surface area contributed by atoms with E-state index < -0.39 is 112 Å². The van der Waals surface area contributed by atoms with Crippen LogP contribution >= 0.6 is 46.4 Å². The summed E-state index contributed by atoms with van der Waals surface area (Å²) < 4.78 is 78.6. The number of carbonyl (C=O) groups is 8. The smallest absolute Gasteiger partial charge is 0.410 e. The van der Waals surface area contributed by atoms with Gasteiger partial charge in [-0.15, -0.1) is 0 Å². The molecule has 0 unspecified atom stereocenters. The molecule has 0 aromatic heterocycles. The van der Waals surface area contributed by atoms with Crippen LogP contribution in [0.5, 0.6) is 0 Å². The zero-order valence-electron chi connectivity index (χ0n) is 59.9. The first kappa shape index (κ1) is 81.1. The summed E-state index contributed by atoms with van der Waals surface area (Å²) >= 11 is 23.2. The number of hydrogen-bond acceptors (Lipinski definition) is 13. The van der Waals surface area contributed by atoms with Crippen molar-refractivity contribution in [1.82, 2.24) is 25.8 Å². The Bertz CT molecular complexity index is 4700. The van der Waals surface area contributed by atoms with Crippen LogP contribution in [0.4, 0.5) is 48.1 Å². The van der Waals surface area contributed by atoms with E-state index in [1.165, 1.54) is 58.3 Å². The standard InChI is InChI=1S/C40H38Cl2F2N4O6.C25H20FNO4.C15H20Cl2FN3O3/c1-40(2,3)54-38(51)45-17-16-32(36(49)46-31-15-14-30(41)34(42)35(31)44)47-37(50)33-19-23-18-24(43)13-12-22(23)20-48(33)39(52)53-21-29-27-10-6-4-8-25(27)26-9-5-7-11-28(26)29;26-17-10-9-15-13-27(23(24(28)29)12-16(15)11-17)25(30)31-14-22-20-7-3-1-5-18(20)19-6-2-4-8-21(19)22;1-15(2,3)24-14(23)20-7-6-9(19)13(22)21-10-5-4-8(16)11(17)12(10)18/h4-15,18,29,32-33H,16-17,19-21H2,1-3H3,(H,45,51)(H,46,49)(H,47,50);1-11,22-23H,12-14H2,(H,28,29);4-5,9H,6-7,19H2,1-3H3,(H,20,23)(H,21,22)/t32-,33-;23-;9-/m000/s1. The molecule has 2 aliphatic carbocycles. The molecule has 8 aromatic rings. The van der Waals surface area contributed by atoms with E-state index >= 15 is 0 Å². The lowest BCUT2D eigenvalue weighted by atomic mass is 9.93. The van der Waals surface area contributed by atoms with E-state index in [2.05, 4.69) is 38.7 Å². The number of ether oxygens (including phenoxy) is 4. The van der Waals surface area contributed by atoms with Gasteiger partial charge in [-0.2, -0.15) is 0 Å². The molecule has 7 amide bonds. The van der Waals surface area contributed by atoms with Gasteiger partial charge in [0, 0.05) is 37.8 Å². The second kappa shape index (κ2) is 35.3. The van der Waals surface area contributed by atoms with Crippen molar-refractivity contribution in [3.8, 4) is 22.3 Å². The zero-order valence-corrected chi connectivity index (χ0v) is 62.9. The largest absolute Gasteiger partial charge is 0.480 e. The summed E-state index contributed by atoms with van der Waals surface area (Å²) in [6, 6.07) is 40.7. The van der Waals surface area contributed by atoms with E-state index in [9.17, 15) is 61.0 Å². The molecule has 4 atom stereocenters. The molecular weight excluding hydrogens is 1500 g/mol. The van der Waals surface area contributed by atoms with Crippen LogP contribution in [-0.4, -0.2) is 125 Å². The summed E-state index contributed by atoms with van der Waals surface area (Å²) in [4.78, 5) is 105. The molecule has 8 N–H and O–H groups in total. The molecule has 109 heavy (non-hydrogen) atoms. The van der Waals surface area contributed by atoms with Crippen LogP contribution < -0.4 is 32.3 Å². The van der Waals surface area contributed by atoms with Gasteiger partial charge in [0.1, 0.15) is 54.2 Å². The molecular formula is C80H78Cl4F4N8O13. The monoisotopic (exact) mass is 1570 g/mol. The van der Waals surface area contributed by atoms with Crippen LogP contribution in [0.25, 0.3) is 22.3 Å². The molecule has 4 aliphatic rings. The van der Waals surface area contributed by atoms with Crippen molar-refractivity contribution in [2.75, 3.05) is 36.9 Å². The summed E-state index contributed by atoms with van der Waals surface area (Å²) in [6.45, 7) is 10.4. The van der Waals surface area contributed by atoms with Gasteiger partial charge in [-0.1, -0.05) is 156 Å². The fourth-order valence-corrected chi connectivity index (χ4v) is 13.6. The van der Waals surface area contributed by atoms with Crippen LogP contribution in [0, 0.1) is 23.3 Å². The highest BCUT2D eigenvalue weighted by atomic mass is 35.5. The van der Waals surface area contributed by atoms with E-state index in [1.807, 2.05) is 84.9 Å². The zero-order chi connectivity index (χ0) is 78.8. The van der Waals surface area contributed by atoms with Crippen LogP contribution in [0.1, 0.15) is 111 Å². The molecule has 572 valence electrons. The van der Waals surface area contributed by atoms with Crippen molar-refractivity contribution in [3.05, 3.63) is 246 Å². The second-order valence-corrected chi connectivity index (χ2v) is 29.6. The Morgan fingerprint density at radius 3 is 1.28 bits per heavy atom. The SMILES string of the molecule is CC(C)(C)OC(=O)NCC[C@H](N)C(=O)Nc1ccc(Cl)c(Cl)c1F.CC(C)(C)OC(=O)NCC[C@H](NC(=O)[C@@H]1Cc2cc(F)ccc2CN1C(=O)OCC1c2ccccc2-c2ccccc21)C(=O)Nc1ccc(Cl)c(Cl)c1F.O=C(O)[C@@H]1Cc2cc(F)ccc2CN1C(=O)OCC1c2ccccc2-c2ccccc21. The Balaban J connectivity index is 0.000000193. The van der Waals surface area contributed by atoms with Crippen LogP contribution in [0.2, 0.25) is 20.1 Å². The van der Waals surface area contributed by atoms with Crippen LogP contribution in [0.3, 0.4) is 0 Å². The average molecular weight is 1580 g/mol. The molecule has 21 nitrogen and oxygen atoms in total. The van der Waals surface area contributed by atoms with Crippen molar-refractivity contribution < 1.29 is 80.0 Å². The highest BCUT2D eigenvalue weighted by molar-refractivity contribution is 6.43. The van der Waals surface area contributed by atoms with Crippen molar-refractivity contribution >= 4 is 106 Å². The lowest BCUT2D eigenvalue weighted by molar-refractivity contribution is -0.143. The first-order valence-corrected chi connectivity index (χ1v) is 36.1. The Labute approximate surface area is 646 Å². The number of fused-ring (bicyclic) bond motifs is 8. The summed E-state index contributed by atoms with van der Waals surface area (Å²) in [5, 5.41) is 21.4. The molecule has 0 bridgehead atoms. The molecule has 0 spiro atoms. The van der Waals surface area contributed by atoms with E-state index in [0.717, 1.165) is 50.1 Å². The van der Waals surface area contributed by atoms with E-state index in [-0.39, 0.29) is 103 Å². The third kappa shape index (κ3) is 20.3. The number of anilines is 2. The predicted molar refractivity (Wildman–Crippen MR) is 404 cm³/mol. The molecule has 0 saturated carbocycles. The normalized spacial score (nSPS) is 15.1. The number of nitrogens with zero attached hydrogens (tertiary/aromatic N) is 2. The van der Waals surface area contributed by atoms with Crippen molar-refractivity contribution in [2.24, 2.45) is 5.73 Å². The maximum Gasteiger partial charge on any atom is 0.410 e. The number of carbonyl (C=O) groups excluding carboxylic acids is 7. The fourth-order valence-electron chi connectivity index (χ4n) is 12.9. The number of nitrogens with two attached hydrogens (primary N) is 1. The number of aliphatic carboxylic acids is 1. The van der Waals surface area contributed by atoms with Gasteiger partial charge in [-0.05, 0) is 170 Å². The van der Waals surface area contributed by atoms with Crippen LogP contribution in [-0.2, 0) is 64.1 Å². The minimum atomic E-state index is -1.36. The molecule has 0 fully saturated rings. The maximum absolute atomic E-state index is 14.9. The van der Waals surface area contributed by atoms with Crippen LogP contribution in [0.15, 0.2) is 158 Å². The van der Waals surface area contributed by atoms with E-state index in [1.54, 1.807) is 53.7 Å². The summed E-state index contributed by atoms with van der Waals surface area (Å²) in [5.41, 5.74) is 14.9. The number of rotatable bonds is 17. The second-order valence-electron chi connectivity index (χ2n) is 28.0. The maximum atomic E-state index is 14.9. The van der Waals surface area contributed by atoms with Gasteiger partial charge in [0.05, 0.1) is 50.6 Å². The quantitative estimate of drug-likeness (QED) is 0.0254. The lowest BCUT2D eigenvalue weighted by Crippen LogP contribution is -2.56. The van der Waals surface area contributed by atoms with E-state index in [0.29, 0.717) is 16.7 Å². The number of nitrogens with one attached hydrogen (secondary N) is 5. The van der Waals surface area contributed by atoms with E-state index in [4.69, 9.17) is 71.1 Å². The molecule has 29 heteroatoms. The third-order valence-corrected chi connectivity index (χ3v) is 19.7. The first-order valence-electron chi connectivity index (χ1n) is 34.6. The van der Waals surface area contributed by atoms with Gasteiger partial charge < -0.3 is 56.4 Å². The number of carboxylic acid groups (broad SMARTS) is 1. The Hall–Kier alpha value is -10.4. The van der Waals surface area contributed by atoms with Gasteiger partial charge in [0.25, 0.3) is 0 Å². The number of alkyl carbamates (subject to hydrolysis) is 2. The number of amides is 7. The minimum absolute atomic E-state index is 0.00937. The minimum Gasteiger partial charge on any atom is -0.480 e. The number of halogens is 8. The molecule has 8 aromatic carbocycles. The third-order valence-electron chi connectivity index (χ3n) is 18.1. The Morgan fingerprint density at radius 1 is 0.505 bits per heavy atom. The molecule has 12 rings (SSSR count). The average Bonchev–Trinajstić information content (AvgIpc) is 1.64. The van der Waals surface area contributed by atoms with Gasteiger partial charge in [0.2, 0.25) is 17.7 Å². The van der Waals surface area contributed by atoms with Gasteiger partial charge in [-0.3, -0.25) is 24.2 Å². The fraction of sp³-hybridized carbons (Fsp3) is 0.300. The van der Waals surface area contributed by atoms with Crippen molar-refractivity contribution in [3.63, 3.8) is 0 Å². The number of benzene rings is 8. The van der Waals surface area contributed by atoms with Gasteiger partial charge >= 0.3 is 30.3 Å². The molecule has 0 saturated heterocycles. The number of carboxylic acids is 1. The highest BCUT2D eigenvalue weighted by Crippen LogP contribution is 2.46. The van der Waals surface area contributed by atoms with Crippen molar-refractivity contribution in [2.45, 2.75) is 128 Å². The predicted octanol–water partition coefficient (Wildman–Crippen LogP) is 15.9.